The van der Waals surface area contributed by atoms with Crippen molar-refractivity contribution in [2.24, 2.45) is 0 Å². The molecule has 0 bridgehead atoms. The monoisotopic (exact) mass is 379 g/mol. The number of hydrogen-bond acceptors (Lipinski definition) is 4. The maximum atomic E-state index is 13.1. The van der Waals surface area contributed by atoms with Crippen LogP contribution in [-0.2, 0) is 4.79 Å². The standard InChI is InChI=1S/C17H13F4N5O/c1-9-7-10(2)23-16(22-9)26-14(24-15(27)17(19,20)21)8-13(25-26)11-3-5-12(18)6-4-11/h3-8H,1-2H3,(H,24,27). The molecule has 0 aliphatic rings. The zero-order valence-electron chi connectivity index (χ0n) is 14.2. The van der Waals surface area contributed by atoms with E-state index in [1.807, 2.05) is 0 Å². The topological polar surface area (TPSA) is 72.7 Å². The number of amides is 1. The Hall–Kier alpha value is -3.30. The minimum atomic E-state index is -5.07. The van der Waals surface area contributed by atoms with Crippen LogP contribution in [0.5, 0.6) is 0 Å². The average Bonchev–Trinajstić information content (AvgIpc) is 2.97. The van der Waals surface area contributed by atoms with Gasteiger partial charge in [0.2, 0.25) is 0 Å². The van der Waals surface area contributed by atoms with Gasteiger partial charge in [-0.2, -0.15) is 23.0 Å². The summed E-state index contributed by atoms with van der Waals surface area (Å²) < 4.78 is 52.1. The number of alkyl halides is 3. The molecule has 2 aromatic heterocycles. The number of nitrogens with one attached hydrogen (secondary N) is 1. The fourth-order valence-electron chi connectivity index (χ4n) is 2.37. The summed E-state index contributed by atoms with van der Waals surface area (Å²) in [5.74, 6) is -2.89. The normalized spacial score (nSPS) is 11.5. The van der Waals surface area contributed by atoms with Gasteiger partial charge in [-0.1, -0.05) is 0 Å². The summed E-state index contributed by atoms with van der Waals surface area (Å²) in [6.07, 6.45) is -5.07. The average molecular weight is 379 g/mol. The van der Waals surface area contributed by atoms with Gasteiger partial charge in [-0.25, -0.2) is 14.4 Å². The van der Waals surface area contributed by atoms with E-state index in [9.17, 15) is 22.4 Å². The summed E-state index contributed by atoms with van der Waals surface area (Å²) >= 11 is 0. The fourth-order valence-corrected chi connectivity index (χ4v) is 2.37. The van der Waals surface area contributed by atoms with Crippen molar-refractivity contribution in [3.05, 3.63) is 53.6 Å². The Labute approximate surface area is 150 Å². The van der Waals surface area contributed by atoms with Crippen LogP contribution in [0, 0.1) is 19.7 Å². The van der Waals surface area contributed by atoms with Crippen molar-refractivity contribution in [3.8, 4) is 17.2 Å². The van der Waals surface area contributed by atoms with E-state index in [4.69, 9.17) is 0 Å². The van der Waals surface area contributed by atoms with Crippen molar-refractivity contribution in [2.75, 3.05) is 5.32 Å². The van der Waals surface area contributed by atoms with Crippen molar-refractivity contribution in [2.45, 2.75) is 20.0 Å². The van der Waals surface area contributed by atoms with Gasteiger partial charge in [-0.05, 0) is 44.2 Å². The predicted octanol–water partition coefficient (Wildman–Crippen LogP) is 3.59. The molecule has 0 unspecified atom stereocenters. The van der Waals surface area contributed by atoms with Gasteiger partial charge in [0.15, 0.2) is 0 Å². The Morgan fingerprint density at radius 3 is 2.19 bits per heavy atom. The van der Waals surface area contributed by atoms with E-state index >= 15 is 0 Å². The Morgan fingerprint density at radius 1 is 1.04 bits per heavy atom. The van der Waals surface area contributed by atoms with Gasteiger partial charge in [-0.3, -0.25) is 4.79 Å². The lowest BCUT2D eigenvalue weighted by Gasteiger charge is -2.10. The third-order valence-electron chi connectivity index (χ3n) is 3.51. The second kappa shape index (κ2) is 6.78. The quantitative estimate of drug-likeness (QED) is 0.706. The fraction of sp³-hybridized carbons (Fsp3) is 0.176. The maximum absolute atomic E-state index is 13.1. The summed E-state index contributed by atoms with van der Waals surface area (Å²) in [6, 6.07) is 8.13. The minimum Gasteiger partial charge on any atom is -0.303 e. The first kappa shape index (κ1) is 18.5. The number of benzene rings is 1. The van der Waals surface area contributed by atoms with Gasteiger partial charge in [0.25, 0.3) is 5.95 Å². The number of hydrogen-bond donors (Lipinski definition) is 1. The van der Waals surface area contributed by atoms with E-state index < -0.39 is 17.9 Å². The number of aromatic nitrogens is 4. The van der Waals surface area contributed by atoms with Crippen molar-refractivity contribution < 1.29 is 22.4 Å². The molecule has 3 rings (SSSR count). The minimum absolute atomic E-state index is 0.00154. The summed E-state index contributed by atoms with van der Waals surface area (Å²) in [5.41, 5.74) is 1.81. The van der Waals surface area contributed by atoms with E-state index in [0.717, 1.165) is 4.68 Å². The molecule has 6 nitrogen and oxygen atoms in total. The molecule has 0 radical (unpaired) electrons. The molecule has 2 heterocycles. The molecule has 1 aromatic carbocycles. The molecule has 0 saturated carbocycles. The highest BCUT2D eigenvalue weighted by atomic mass is 19.4. The number of halogens is 4. The molecule has 0 spiro atoms. The predicted molar refractivity (Wildman–Crippen MR) is 88.7 cm³/mol. The van der Waals surface area contributed by atoms with Crippen LogP contribution in [0.1, 0.15) is 11.4 Å². The third-order valence-corrected chi connectivity index (χ3v) is 3.51. The van der Waals surface area contributed by atoms with Crippen LogP contribution in [0.4, 0.5) is 23.4 Å². The van der Waals surface area contributed by atoms with Crippen LogP contribution in [0.2, 0.25) is 0 Å². The van der Waals surface area contributed by atoms with E-state index in [1.54, 1.807) is 25.2 Å². The Balaban J connectivity index is 2.11. The van der Waals surface area contributed by atoms with E-state index in [0.29, 0.717) is 17.0 Å². The highest BCUT2D eigenvalue weighted by Gasteiger charge is 2.39. The van der Waals surface area contributed by atoms with Crippen LogP contribution >= 0.6 is 0 Å². The number of rotatable bonds is 3. The first-order chi connectivity index (χ1) is 12.6. The molecular weight excluding hydrogens is 366 g/mol. The molecule has 1 amide bonds. The Morgan fingerprint density at radius 2 is 1.63 bits per heavy atom. The van der Waals surface area contributed by atoms with Crippen LogP contribution < -0.4 is 5.32 Å². The molecule has 1 N–H and O–H groups in total. The van der Waals surface area contributed by atoms with Gasteiger partial charge in [0.1, 0.15) is 11.6 Å². The molecule has 0 aliphatic carbocycles. The van der Waals surface area contributed by atoms with Crippen molar-refractivity contribution in [1.82, 2.24) is 19.7 Å². The smallest absolute Gasteiger partial charge is 0.303 e. The molecule has 0 saturated heterocycles. The summed E-state index contributed by atoms with van der Waals surface area (Å²) in [6.45, 7) is 3.38. The Bertz CT molecular complexity index is 975. The first-order valence-corrected chi connectivity index (χ1v) is 7.70. The zero-order chi connectivity index (χ0) is 19.8. The molecule has 0 atom stereocenters. The zero-order valence-corrected chi connectivity index (χ0v) is 14.2. The molecule has 140 valence electrons. The molecule has 3 aromatic rings. The third kappa shape index (κ3) is 4.10. The van der Waals surface area contributed by atoms with Gasteiger partial charge >= 0.3 is 12.1 Å². The Kier molecular flexibility index (Phi) is 4.64. The summed E-state index contributed by atoms with van der Waals surface area (Å²) in [5, 5.41) is 5.96. The van der Waals surface area contributed by atoms with E-state index in [1.165, 1.54) is 30.3 Å². The van der Waals surface area contributed by atoms with Crippen molar-refractivity contribution in [3.63, 3.8) is 0 Å². The van der Waals surface area contributed by atoms with Crippen LogP contribution in [0.15, 0.2) is 36.4 Å². The maximum Gasteiger partial charge on any atom is 0.471 e. The second-order valence-corrected chi connectivity index (χ2v) is 5.74. The van der Waals surface area contributed by atoms with Crippen molar-refractivity contribution >= 4 is 11.7 Å². The first-order valence-electron chi connectivity index (χ1n) is 7.70. The number of aryl methyl sites for hydroxylation is 2. The largest absolute Gasteiger partial charge is 0.471 e. The molecule has 0 fully saturated rings. The van der Waals surface area contributed by atoms with Gasteiger partial charge in [0.05, 0.1) is 5.69 Å². The number of nitrogens with zero attached hydrogens (tertiary/aromatic N) is 4. The highest BCUT2D eigenvalue weighted by Crippen LogP contribution is 2.26. The number of carbonyl (C=O) groups excluding carboxylic acids is 1. The number of anilines is 1. The lowest BCUT2D eigenvalue weighted by Crippen LogP contribution is -2.31. The van der Waals surface area contributed by atoms with Gasteiger partial charge in [-0.15, -0.1) is 0 Å². The molecule has 27 heavy (non-hydrogen) atoms. The van der Waals surface area contributed by atoms with Gasteiger partial charge in [0, 0.05) is 23.0 Å². The highest BCUT2D eigenvalue weighted by molar-refractivity contribution is 5.94. The number of carbonyl (C=O) groups is 1. The SMILES string of the molecule is Cc1cc(C)nc(-n2nc(-c3ccc(F)cc3)cc2NC(=O)C(F)(F)F)n1. The molecule has 10 heteroatoms. The van der Waals surface area contributed by atoms with Crippen LogP contribution in [0.3, 0.4) is 0 Å². The van der Waals surface area contributed by atoms with Gasteiger partial charge < -0.3 is 5.32 Å². The lowest BCUT2D eigenvalue weighted by molar-refractivity contribution is -0.167. The van der Waals surface area contributed by atoms with Crippen LogP contribution in [-0.4, -0.2) is 31.8 Å². The summed E-state index contributed by atoms with van der Waals surface area (Å²) in [7, 11) is 0. The molecular formula is C17H13F4N5O. The van der Waals surface area contributed by atoms with Crippen LogP contribution in [0.25, 0.3) is 17.2 Å². The second-order valence-electron chi connectivity index (χ2n) is 5.74. The van der Waals surface area contributed by atoms with E-state index in [2.05, 4.69) is 15.1 Å². The lowest BCUT2D eigenvalue weighted by atomic mass is 10.1. The van der Waals surface area contributed by atoms with Crippen molar-refractivity contribution in [1.29, 1.82) is 0 Å². The van der Waals surface area contributed by atoms with E-state index in [-0.39, 0.29) is 17.5 Å². The molecule has 0 aliphatic heterocycles. The summed E-state index contributed by atoms with van der Waals surface area (Å²) in [4.78, 5) is 19.7.